The Bertz CT molecular complexity index is 823. The second-order valence-electron chi connectivity index (χ2n) is 6.00. The molecule has 2 aromatic carbocycles. The van der Waals surface area contributed by atoms with E-state index < -0.39 is 6.10 Å². The summed E-state index contributed by atoms with van der Waals surface area (Å²) in [5.41, 5.74) is 5.37. The molecule has 0 saturated heterocycles. The lowest BCUT2D eigenvalue weighted by atomic mass is 10.1. The Kier molecular flexibility index (Phi) is 4.35. The normalized spacial score (nSPS) is 12.5. The van der Waals surface area contributed by atoms with Gasteiger partial charge in [0.25, 0.3) is 0 Å². The van der Waals surface area contributed by atoms with E-state index in [0.29, 0.717) is 6.54 Å². The third kappa shape index (κ3) is 3.22. The van der Waals surface area contributed by atoms with E-state index in [4.69, 9.17) is 4.74 Å². The van der Waals surface area contributed by atoms with Crippen molar-refractivity contribution >= 4 is 11.0 Å². The van der Waals surface area contributed by atoms with Gasteiger partial charge in [-0.25, -0.2) is 4.98 Å². The summed E-state index contributed by atoms with van der Waals surface area (Å²) < 4.78 is 7.84. The van der Waals surface area contributed by atoms with Crippen LogP contribution in [0, 0.1) is 20.8 Å². The average Bonchev–Trinajstić information content (AvgIpc) is 2.94. The molecule has 120 valence electrons. The highest BCUT2D eigenvalue weighted by molar-refractivity contribution is 5.74. The van der Waals surface area contributed by atoms with Crippen molar-refractivity contribution in [3.05, 3.63) is 59.4 Å². The molecule has 0 spiro atoms. The lowest BCUT2D eigenvalue weighted by molar-refractivity contribution is 0.0927. The Morgan fingerprint density at radius 2 is 1.83 bits per heavy atom. The molecule has 4 nitrogen and oxygen atoms in total. The van der Waals surface area contributed by atoms with E-state index in [-0.39, 0.29) is 6.61 Å². The summed E-state index contributed by atoms with van der Waals surface area (Å²) in [5.74, 6) is 0.875. The maximum Gasteiger partial charge on any atom is 0.125 e. The number of aliphatic hydroxyl groups is 1. The average molecular weight is 310 g/mol. The molecule has 23 heavy (non-hydrogen) atoms. The number of aliphatic hydroxyl groups excluding tert-OH is 1. The number of benzene rings is 2. The molecule has 1 heterocycles. The standard InChI is InChI=1S/C19H22N2O2/c1-13-8-9-14(2)19(15(13)3)23-11-16(22)10-21-12-20-17-6-4-5-7-18(17)21/h4-9,12,16,22H,10-11H2,1-3H3. The number of para-hydroxylation sites is 2. The summed E-state index contributed by atoms with van der Waals surface area (Å²) in [6, 6.07) is 12.0. The van der Waals surface area contributed by atoms with Crippen LogP contribution in [0.3, 0.4) is 0 Å². The van der Waals surface area contributed by atoms with E-state index >= 15 is 0 Å². The third-order valence-electron chi connectivity index (χ3n) is 4.23. The maximum absolute atomic E-state index is 10.3. The molecule has 1 atom stereocenters. The number of fused-ring (bicyclic) bond motifs is 1. The molecule has 0 amide bonds. The monoisotopic (exact) mass is 310 g/mol. The van der Waals surface area contributed by atoms with Crippen LogP contribution in [0.4, 0.5) is 0 Å². The number of aromatic nitrogens is 2. The Morgan fingerprint density at radius 3 is 2.65 bits per heavy atom. The fourth-order valence-electron chi connectivity index (χ4n) is 2.76. The Labute approximate surface area is 136 Å². The van der Waals surface area contributed by atoms with Gasteiger partial charge in [-0.2, -0.15) is 0 Å². The van der Waals surface area contributed by atoms with E-state index in [1.54, 1.807) is 6.33 Å². The molecule has 0 aliphatic rings. The van der Waals surface area contributed by atoms with Crippen LogP contribution < -0.4 is 4.74 Å². The predicted octanol–water partition coefficient (Wildman–Crippen LogP) is 3.40. The number of hydrogen-bond acceptors (Lipinski definition) is 3. The number of aryl methyl sites for hydroxylation is 2. The summed E-state index contributed by atoms with van der Waals surface area (Å²) in [6.45, 7) is 6.86. The lowest BCUT2D eigenvalue weighted by Crippen LogP contribution is -2.23. The minimum absolute atomic E-state index is 0.262. The van der Waals surface area contributed by atoms with Gasteiger partial charge in [-0.15, -0.1) is 0 Å². The van der Waals surface area contributed by atoms with E-state index in [1.165, 1.54) is 5.56 Å². The zero-order valence-electron chi connectivity index (χ0n) is 13.8. The van der Waals surface area contributed by atoms with Crippen molar-refractivity contribution in [1.29, 1.82) is 0 Å². The van der Waals surface area contributed by atoms with E-state index in [9.17, 15) is 5.11 Å². The quantitative estimate of drug-likeness (QED) is 0.785. The van der Waals surface area contributed by atoms with Crippen LogP contribution in [-0.2, 0) is 6.54 Å². The third-order valence-corrected chi connectivity index (χ3v) is 4.23. The van der Waals surface area contributed by atoms with Crippen molar-refractivity contribution in [2.24, 2.45) is 0 Å². The smallest absolute Gasteiger partial charge is 0.125 e. The molecule has 0 aliphatic carbocycles. The van der Waals surface area contributed by atoms with Gasteiger partial charge in [-0.1, -0.05) is 24.3 Å². The lowest BCUT2D eigenvalue weighted by Gasteiger charge is -2.17. The summed E-state index contributed by atoms with van der Waals surface area (Å²) in [7, 11) is 0. The molecule has 1 aromatic heterocycles. The van der Waals surface area contributed by atoms with E-state index in [1.807, 2.05) is 48.7 Å². The molecular weight excluding hydrogens is 288 g/mol. The molecule has 0 fully saturated rings. The molecule has 0 radical (unpaired) electrons. The minimum Gasteiger partial charge on any atom is -0.490 e. The van der Waals surface area contributed by atoms with Crippen LogP contribution in [0.5, 0.6) is 5.75 Å². The highest BCUT2D eigenvalue weighted by atomic mass is 16.5. The second-order valence-corrected chi connectivity index (χ2v) is 6.00. The number of ether oxygens (including phenoxy) is 1. The van der Waals surface area contributed by atoms with Gasteiger partial charge in [-0.05, 0) is 49.6 Å². The first-order valence-electron chi connectivity index (χ1n) is 7.84. The maximum atomic E-state index is 10.3. The first-order chi connectivity index (χ1) is 11.1. The second kappa shape index (κ2) is 6.42. The fourth-order valence-corrected chi connectivity index (χ4v) is 2.76. The van der Waals surface area contributed by atoms with Crippen LogP contribution in [0.2, 0.25) is 0 Å². The van der Waals surface area contributed by atoms with Crippen molar-refractivity contribution in [2.45, 2.75) is 33.4 Å². The number of rotatable bonds is 5. The summed E-state index contributed by atoms with van der Waals surface area (Å²) in [5, 5.41) is 10.3. The Morgan fingerprint density at radius 1 is 1.09 bits per heavy atom. The Hall–Kier alpha value is -2.33. The van der Waals surface area contributed by atoms with Crippen molar-refractivity contribution < 1.29 is 9.84 Å². The molecule has 3 aromatic rings. The van der Waals surface area contributed by atoms with Gasteiger partial charge in [-0.3, -0.25) is 0 Å². The van der Waals surface area contributed by atoms with E-state index in [2.05, 4.69) is 18.0 Å². The molecule has 0 aliphatic heterocycles. The van der Waals surface area contributed by atoms with Crippen molar-refractivity contribution in [2.75, 3.05) is 6.61 Å². The predicted molar refractivity (Wildman–Crippen MR) is 91.9 cm³/mol. The van der Waals surface area contributed by atoms with Crippen LogP contribution in [0.1, 0.15) is 16.7 Å². The van der Waals surface area contributed by atoms with Crippen LogP contribution in [0.15, 0.2) is 42.7 Å². The Balaban J connectivity index is 1.69. The fraction of sp³-hybridized carbons (Fsp3) is 0.316. The van der Waals surface area contributed by atoms with Crippen molar-refractivity contribution in [3.63, 3.8) is 0 Å². The number of imidazole rings is 1. The van der Waals surface area contributed by atoms with Gasteiger partial charge in [0.05, 0.1) is 23.9 Å². The molecular formula is C19H22N2O2. The van der Waals surface area contributed by atoms with Gasteiger partial charge in [0, 0.05) is 0 Å². The molecule has 4 heteroatoms. The van der Waals surface area contributed by atoms with Gasteiger partial charge in [0.1, 0.15) is 18.5 Å². The van der Waals surface area contributed by atoms with Gasteiger partial charge in [0.15, 0.2) is 0 Å². The topological polar surface area (TPSA) is 47.3 Å². The van der Waals surface area contributed by atoms with Gasteiger partial charge in [0.2, 0.25) is 0 Å². The highest BCUT2D eigenvalue weighted by Crippen LogP contribution is 2.25. The van der Waals surface area contributed by atoms with Crippen molar-refractivity contribution in [1.82, 2.24) is 9.55 Å². The number of hydrogen-bond donors (Lipinski definition) is 1. The van der Waals surface area contributed by atoms with Crippen molar-refractivity contribution in [3.8, 4) is 5.75 Å². The molecule has 0 bridgehead atoms. The zero-order chi connectivity index (χ0) is 16.4. The number of nitrogens with zero attached hydrogens (tertiary/aromatic N) is 2. The highest BCUT2D eigenvalue weighted by Gasteiger charge is 2.12. The summed E-state index contributed by atoms with van der Waals surface area (Å²) in [6.07, 6.45) is 1.17. The molecule has 0 saturated carbocycles. The molecule has 3 rings (SSSR count). The van der Waals surface area contributed by atoms with Gasteiger partial charge >= 0.3 is 0 Å². The first-order valence-corrected chi connectivity index (χ1v) is 7.84. The first kappa shape index (κ1) is 15.6. The SMILES string of the molecule is Cc1ccc(C)c(OCC(O)Cn2cnc3ccccc32)c1C. The minimum atomic E-state index is -0.591. The zero-order valence-corrected chi connectivity index (χ0v) is 13.8. The largest absolute Gasteiger partial charge is 0.490 e. The van der Waals surface area contributed by atoms with Gasteiger partial charge < -0.3 is 14.4 Å². The van der Waals surface area contributed by atoms with Crippen LogP contribution in [0.25, 0.3) is 11.0 Å². The van der Waals surface area contributed by atoms with E-state index in [0.717, 1.165) is 27.9 Å². The van der Waals surface area contributed by atoms with Crippen LogP contribution >= 0.6 is 0 Å². The summed E-state index contributed by atoms with van der Waals surface area (Å²) in [4.78, 5) is 4.34. The summed E-state index contributed by atoms with van der Waals surface area (Å²) >= 11 is 0. The van der Waals surface area contributed by atoms with Crippen LogP contribution in [-0.4, -0.2) is 27.4 Å². The molecule has 1 unspecified atom stereocenters. The molecule has 1 N–H and O–H groups in total.